The fraction of sp³-hybridized carbons (Fsp3) is 0.929. The lowest BCUT2D eigenvalue weighted by Gasteiger charge is -2.31. The number of hydrogen-bond acceptors (Lipinski definition) is 4. The number of esters is 1. The average Bonchev–Trinajstić information content (AvgIpc) is 2.27. The second-order valence-electron chi connectivity index (χ2n) is 6.12. The van der Waals surface area contributed by atoms with Gasteiger partial charge in [-0.1, -0.05) is 12.8 Å². The first-order valence-electron chi connectivity index (χ1n) is 6.98. The summed E-state index contributed by atoms with van der Waals surface area (Å²) < 4.78 is 5.25. The standard InChI is InChI=1S/C14H27NO3/c1-14(2,3)18-13(17)8-9-15-12-7-5-4-6-11(12)10-16/h11-12,15-16H,4-10H2,1-3H3. The van der Waals surface area contributed by atoms with Gasteiger partial charge < -0.3 is 15.2 Å². The van der Waals surface area contributed by atoms with Crippen LogP contribution in [0.3, 0.4) is 0 Å². The molecule has 0 spiro atoms. The summed E-state index contributed by atoms with van der Waals surface area (Å²) in [6.45, 7) is 6.50. The highest BCUT2D eigenvalue weighted by molar-refractivity contribution is 5.70. The average molecular weight is 257 g/mol. The number of rotatable bonds is 5. The Morgan fingerprint density at radius 1 is 1.33 bits per heavy atom. The van der Waals surface area contributed by atoms with Crippen LogP contribution in [0.25, 0.3) is 0 Å². The topological polar surface area (TPSA) is 58.6 Å². The van der Waals surface area contributed by atoms with Gasteiger partial charge in [0.15, 0.2) is 0 Å². The molecule has 1 aliphatic rings. The Labute approximate surface area is 110 Å². The van der Waals surface area contributed by atoms with Gasteiger partial charge in [-0.25, -0.2) is 0 Å². The van der Waals surface area contributed by atoms with Crippen molar-refractivity contribution in [3.63, 3.8) is 0 Å². The van der Waals surface area contributed by atoms with Crippen LogP contribution in [0.4, 0.5) is 0 Å². The molecular weight excluding hydrogens is 230 g/mol. The van der Waals surface area contributed by atoms with E-state index in [1.165, 1.54) is 12.8 Å². The molecule has 4 nitrogen and oxygen atoms in total. The molecule has 18 heavy (non-hydrogen) atoms. The van der Waals surface area contributed by atoms with Crippen LogP contribution in [0.2, 0.25) is 0 Å². The summed E-state index contributed by atoms with van der Waals surface area (Å²) >= 11 is 0. The fourth-order valence-corrected chi connectivity index (χ4v) is 2.45. The van der Waals surface area contributed by atoms with Crippen molar-refractivity contribution >= 4 is 5.97 Å². The molecule has 0 radical (unpaired) electrons. The van der Waals surface area contributed by atoms with E-state index in [0.29, 0.717) is 24.9 Å². The highest BCUT2D eigenvalue weighted by Gasteiger charge is 2.24. The third-order valence-electron chi connectivity index (χ3n) is 3.30. The Balaban J connectivity index is 2.22. The Bertz CT molecular complexity index is 260. The number of ether oxygens (including phenoxy) is 1. The van der Waals surface area contributed by atoms with Crippen molar-refractivity contribution in [2.24, 2.45) is 5.92 Å². The maximum absolute atomic E-state index is 11.5. The van der Waals surface area contributed by atoms with Crippen LogP contribution in [0.1, 0.15) is 52.9 Å². The summed E-state index contributed by atoms with van der Waals surface area (Å²) in [5.41, 5.74) is -0.407. The van der Waals surface area contributed by atoms with E-state index in [-0.39, 0.29) is 12.6 Å². The molecule has 0 saturated heterocycles. The third-order valence-corrected chi connectivity index (χ3v) is 3.30. The first kappa shape index (κ1) is 15.4. The Morgan fingerprint density at radius 2 is 2.00 bits per heavy atom. The highest BCUT2D eigenvalue weighted by atomic mass is 16.6. The predicted molar refractivity (Wildman–Crippen MR) is 71.3 cm³/mol. The maximum atomic E-state index is 11.5. The molecule has 1 saturated carbocycles. The van der Waals surface area contributed by atoms with E-state index in [2.05, 4.69) is 5.32 Å². The molecule has 0 aromatic carbocycles. The van der Waals surface area contributed by atoms with Crippen molar-refractivity contribution in [2.45, 2.75) is 64.5 Å². The normalized spacial score (nSPS) is 24.9. The van der Waals surface area contributed by atoms with Crippen molar-refractivity contribution in [2.75, 3.05) is 13.2 Å². The second-order valence-corrected chi connectivity index (χ2v) is 6.12. The summed E-state index contributed by atoms with van der Waals surface area (Å²) in [6, 6.07) is 0.353. The van der Waals surface area contributed by atoms with Crippen LogP contribution in [0.15, 0.2) is 0 Å². The lowest BCUT2D eigenvalue weighted by atomic mass is 9.85. The molecule has 0 aliphatic heterocycles. The van der Waals surface area contributed by atoms with E-state index in [4.69, 9.17) is 4.74 Å². The number of aliphatic hydroxyl groups is 1. The fourth-order valence-electron chi connectivity index (χ4n) is 2.45. The molecule has 0 aromatic heterocycles. The number of carbonyl (C=O) groups is 1. The van der Waals surface area contributed by atoms with Crippen molar-refractivity contribution in [1.82, 2.24) is 5.32 Å². The summed E-state index contributed by atoms with van der Waals surface area (Å²) in [6.07, 6.45) is 4.99. The number of hydrogen-bond donors (Lipinski definition) is 2. The van der Waals surface area contributed by atoms with Gasteiger partial charge in [0.2, 0.25) is 0 Å². The molecule has 0 aromatic rings. The van der Waals surface area contributed by atoms with Gasteiger partial charge in [0.05, 0.1) is 6.42 Å². The molecule has 2 unspecified atom stereocenters. The molecular formula is C14H27NO3. The monoisotopic (exact) mass is 257 g/mol. The third kappa shape index (κ3) is 5.83. The number of aliphatic hydroxyl groups excluding tert-OH is 1. The van der Waals surface area contributed by atoms with Crippen LogP contribution >= 0.6 is 0 Å². The van der Waals surface area contributed by atoms with E-state index < -0.39 is 5.60 Å². The van der Waals surface area contributed by atoms with Gasteiger partial charge in [-0.05, 0) is 39.5 Å². The zero-order valence-electron chi connectivity index (χ0n) is 11.9. The zero-order chi connectivity index (χ0) is 13.6. The molecule has 1 aliphatic carbocycles. The van der Waals surface area contributed by atoms with Crippen LogP contribution in [-0.2, 0) is 9.53 Å². The molecule has 4 heteroatoms. The molecule has 0 heterocycles. The summed E-state index contributed by atoms with van der Waals surface area (Å²) in [7, 11) is 0. The molecule has 2 atom stereocenters. The minimum Gasteiger partial charge on any atom is -0.460 e. The molecule has 106 valence electrons. The summed E-state index contributed by atoms with van der Waals surface area (Å²) in [5, 5.41) is 12.7. The summed E-state index contributed by atoms with van der Waals surface area (Å²) in [4.78, 5) is 11.5. The van der Waals surface area contributed by atoms with Gasteiger partial charge in [-0.2, -0.15) is 0 Å². The van der Waals surface area contributed by atoms with Gasteiger partial charge >= 0.3 is 5.97 Å². The zero-order valence-corrected chi connectivity index (χ0v) is 11.9. The smallest absolute Gasteiger partial charge is 0.307 e. The van der Waals surface area contributed by atoms with Crippen LogP contribution < -0.4 is 5.32 Å². The first-order valence-corrected chi connectivity index (χ1v) is 6.98. The van der Waals surface area contributed by atoms with Gasteiger partial charge in [-0.3, -0.25) is 4.79 Å². The highest BCUT2D eigenvalue weighted by Crippen LogP contribution is 2.23. The van der Waals surface area contributed by atoms with E-state index >= 15 is 0 Å². The van der Waals surface area contributed by atoms with E-state index in [1.54, 1.807) is 0 Å². The van der Waals surface area contributed by atoms with Crippen molar-refractivity contribution in [3.05, 3.63) is 0 Å². The number of nitrogens with one attached hydrogen (secondary N) is 1. The molecule has 0 amide bonds. The molecule has 2 N–H and O–H groups in total. The van der Waals surface area contributed by atoms with Crippen LogP contribution in [-0.4, -0.2) is 35.9 Å². The van der Waals surface area contributed by atoms with Crippen molar-refractivity contribution in [3.8, 4) is 0 Å². The van der Waals surface area contributed by atoms with Gasteiger partial charge in [-0.15, -0.1) is 0 Å². The Hall–Kier alpha value is -0.610. The quantitative estimate of drug-likeness (QED) is 0.738. The van der Waals surface area contributed by atoms with Gasteiger partial charge in [0.1, 0.15) is 5.60 Å². The second kappa shape index (κ2) is 7.10. The van der Waals surface area contributed by atoms with Crippen LogP contribution in [0.5, 0.6) is 0 Å². The minimum absolute atomic E-state index is 0.161. The Kier molecular flexibility index (Phi) is 6.09. The van der Waals surface area contributed by atoms with E-state index in [0.717, 1.165) is 12.8 Å². The first-order chi connectivity index (χ1) is 8.42. The molecule has 1 rings (SSSR count). The SMILES string of the molecule is CC(C)(C)OC(=O)CCNC1CCCCC1CO. The lowest BCUT2D eigenvalue weighted by Crippen LogP contribution is -2.41. The van der Waals surface area contributed by atoms with Crippen LogP contribution in [0, 0.1) is 5.92 Å². The van der Waals surface area contributed by atoms with Crippen molar-refractivity contribution < 1.29 is 14.6 Å². The lowest BCUT2D eigenvalue weighted by molar-refractivity contribution is -0.154. The largest absolute Gasteiger partial charge is 0.460 e. The predicted octanol–water partition coefficient (Wildman–Crippen LogP) is 1.86. The maximum Gasteiger partial charge on any atom is 0.307 e. The van der Waals surface area contributed by atoms with Gasteiger partial charge in [0, 0.05) is 19.2 Å². The van der Waals surface area contributed by atoms with Gasteiger partial charge in [0.25, 0.3) is 0 Å². The Morgan fingerprint density at radius 3 is 2.61 bits per heavy atom. The minimum atomic E-state index is -0.407. The molecule has 1 fully saturated rings. The van der Waals surface area contributed by atoms with E-state index in [1.807, 2.05) is 20.8 Å². The van der Waals surface area contributed by atoms with Crippen molar-refractivity contribution in [1.29, 1.82) is 0 Å². The summed E-state index contributed by atoms with van der Waals surface area (Å²) in [5.74, 6) is 0.184. The van der Waals surface area contributed by atoms with E-state index in [9.17, 15) is 9.90 Å². The molecule has 0 bridgehead atoms. The number of carbonyl (C=O) groups excluding carboxylic acids is 1.